The van der Waals surface area contributed by atoms with E-state index in [9.17, 15) is 14.3 Å². The van der Waals surface area contributed by atoms with Crippen molar-refractivity contribution in [2.45, 2.75) is 12.5 Å². The monoisotopic (exact) mass is 292 g/mol. The van der Waals surface area contributed by atoms with Crippen molar-refractivity contribution in [3.63, 3.8) is 0 Å². The molecule has 21 heavy (non-hydrogen) atoms. The van der Waals surface area contributed by atoms with Crippen LogP contribution in [-0.4, -0.2) is 59.6 Å². The molecule has 0 aliphatic carbocycles. The van der Waals surface area contributed by atoms with Gasteiger partial charge in [-0.05, 0) is 6.92 Å². The maximum atomic E-state index is 13.3. The van der Waals surface area contributed by atoms with Crippen LogP contribution in [-0.2, 0) is 4.79 Å². The number of hydrogen-bond acceptors (Lipinski definition) is 6. The van der Waals surface area contributed by atoms with E-state index < -0.39 is 11.4 Å². The molecule has 0 saturated carbocycles. The summed E-state index contributed by atoms with van der Waals surface area (Å²) in [6.07, 6.45) is 1.56. The Morgan fingerprint density at radius 1 is 1.52 bits per heavy atom. The van der Waals surface area contributed by atoms with E-state index in [0.717, 1.165) is 6.20 Å². The summed E-state index contributed by atoms with van der Waals surface area (Å²) in [5.74, 6) is -0.477. The lowest BCUT2D eigenvalue weighted by molar-refractivity contribution is -0.124. The molecule has 1 aliphatic rings. The van der Waals surface area contributed by atoms with Crippen LogP contribution in [0.2, 0.25) is 0 Å². The summed E-state index contributed by atoms with van der Waals surface area (Å²) >= 11 is 0. The third-order valence-electron chi connectivity index (χ3n) is 3.45. The van der Waals surface area contributed by atoms with E-state index in [2.05, 4.69) is 4.98 Å². The van der Waals surface area contributed by atoms with E-state index in [4.69, 9.17) is 5.26 Å². The molecular formula is C14H17FN4O2. The number of nitriles is 1. The molecule has 0 amide bonds. The van der Waals surface area contributed by atoms with Gasteiger partial charge in [0, 0.05) is 38.8 Å². The Hall–Kier alpha value is -2.04. The lowest BCUT2D eigenvalue weighted by Crippen LogP contribution is -2.51. The van der Waals surface area contributed by atoms with Crippen LogP contribution in [0.3, 0.4) is 0 Å². The Morgan fingerprint density at radius 2 is 2.19 bits per heavy atom. The first-order chi connectivity index (χ1) is 9.95. The van der Waals surface area contributed by atoms with Gasteiger partial charge in [0.15, 0.2) is 12.0 Å². The number of aliphatic hydroxyl groups is 1. The van der Waals surface area contributed by atoms with E-state index in [1.54, 1.807) is 0 Å². The number of pyridine rings is 1. The van der Waals surface area contributed by atoms with Gasteiger partial charge in [-0.1, -0.05) is 0 Å². The minimum absolute atomic E-state index is 0.199. The summed E-state index contributed by atoms with van der Waals surface area (Å²) < 4.78 is 13.3. The first kappa shape index (κ1) is 15.4. The minimum atomic E-state index is -1.36. The number of anilines is 1. The third-order valence-corrected chi connectivity index (χ3v) is 3.45. The number of aromatic nitrogens is 1. The van der Waals surface area contributed by atoms with Crippen molar-refractivity contribution in [1.29, 1.82) is 5.26 Å². The van der Waals surface area contributed by atoms with Crippen molar-refractivity contribution in [3.8, 4) is 6.07 Å². The van der Waals surface area contributed by atoms with Gasteiger partial charge < -0.3 is 14.8 Å². The van der Waals surface area contributed by atoms with Gasteiger partial charge in [0.05, 0.1) is 11.9 Å². The maximum Gasteiger partial charge on any atom is 0.163 e. The van der Waals surface area contributed by atoms with E-state index in [0.29, 0.717) is 38.2 Å². The second kappa shape index (κ2) is 6.16. The van der Waals surface area contributed by atoms with Crippen LogP contribution in [0.15, 0.2) is 12.3 Å². The number of halogens is 1. The topological polar surface area (TPSA) is 80.5 Å². The van der Waals surface area contributed by atoms with Gasteiger partial charge in [-0.25, -0.2) is 9.37 Å². The zero-order valence-corrected chi connectivity index (χ0v) is 11.8. The smallest absolute Gasteiger partial charge is 0.163 e. The lowest BCUT2D eigenvalue weighted by Gasteiger charge is -2.38. The first-order valence-corrected chi connectivity index (χ1v) is 6.67. The Balaban J connectivity index is 2.03. The van der Waals surface area contributed by atoms with E-state index in [1.165, 1.54) is 13.0 Å². The number of piperazine rings is 1. The number of rotatable bonds is 4. The fraction of sp³-hybridized carbons (Fsp3) is 0.500. The van der Waals surface area contributed by atoms with E-state index in [-0.39, 0.29) is 12.2 Å². The van der Waals surface area contributed by atoms with Gasteiger partial charge in [0.25, 0.3) is 0 Å². The Kier molecular flexibility index (Phi) is 4.50. The molecule has 0 aromatic carbocycles. The van der Waals surface area contributed by atoms with Gasteiger partial charge in [0.2, 0.25) is 0 Å². The highest BCUT2D eigenvalue weighted by Gasteiger charge is 2.27. The fourth-order valence-electron chi connectivity index (χ4n) is 2.39. The molecule has 0 spiro atoms. The zero-order chi connectivity index (χ0) is 15.5. The van der Waals surface area contributed by atoms with Crippen molar-refractivity contribution < 1.29 is 14.3 Å². The summed E-state index contributed by atoms with van der Waals surface area (Å²) in [4.78, 5) is 18.4. The van der Waals surface area contributed by atoms with Crippen LogP contribution >= 0.6 is 0 Å². The minimum Gasteiger partial charge on any atom is -0.381 e. The molecule has 1 aliphatic heterocycles. The van der Waals surface area contributed by atoms with E-state index in [1.807, 2.05) is 15.9 Å². The SMILES string of the molecule is C[C@@](O)(C=O)CN1CCN(c2cc(F)cnc2C#N)CC1. The molecule has 2 rings (SSSR count). The van der Waals surface area contributed by atoms with Crippen LogP contribution in [0.5, 0.6) is 0 Å². The Labute approximate surface area is 122 Å². The molecule has 1 aromatic heterocycles. The first-order valence-electron chi connectivity index (χ1n) is 6.67. The molecule has 7 heteroatoms. The van der Waals surface area contributed by atoms with Crippen molar-refractivity contribution in [2.24, 2.45) is 0 Å². The normalized spacial score (nSPS) is 18.9. The van der Waals surface area contributed by atoms with Crippen LogP contribution in [0.25, 0.3) is 0 Å². The van der Waals surface area contributed by atoms with Crippen LogP contribution in [0, 0.1) is 17.1 Å². The second-order valence-electron chi connectivity index (χ2n) is 5.37. The molecule has 1 saturated heterocycles. The number of nitrogens with zero attached hydrogens (tertiary/aromatic N) is 4. The van der Waals surface area contributed by atoms with Crippen molar-refractivity contribution in [1.82, 2.24) is 9.88 Å². The molecular weight excluding hydrogens is 275 g/mol. The average Bonchev–Trinajstić information content (AvgIpc) is 2.47. The molecule has 0 radical (unpaired) electrons. The quantitative estimate of drug-likeness (QED) is 0.797. The van der Waals surface area contributed by atoms with Crippen LogP contribution in [0.4, 0.5) is 10.1 Å². The largest absolute Gasteiger partial charge is 0.381 e. The lowest BCUT2D eigenvalue weighted by atomic mass is 10.1. The van der Waals surface area contributed by atoms with Gasteiger partial charge in [-0.2, -0.15) is 5.26 Å². The molecule has 2 heterocycles. The molecule has 1 aromatic rings. The predicted molar refractivity (Wildman–Crippen MR) is 74.3 cm³/mol. The van der Waals surface area contributed by atoms with E-state index >= 15 is 0 Å². The number of carbonyl (C=O) groups is 1. The van der Waals surface area contributed by atoms with Crippen LogP contribution < -0.4 is 4.90 Å². The fourth-order valence-corrected chi connectivity index (χ4v) is 2.39. The Bertz CT molecular complexity index is 563. The molecule has 112 valence electrons. The summed E-state index contributed by atoms with van der Waals surface area (Å²) in [5, 5.41) is 18.8. The molecule has 0 unspecified atom stereocenters. The molecule has 6 nitrogen and oxygen atoms in total. The summed E-state index contributed by atoms with van der Waals surface area (Å²) in [7, 11) is 0. The highest BCUT2D eigenvalue weighted by Crippen LogP contribution is 2.21. The summed E-state index contributed by atoms with van der Waals surface area (Å²) in [6.45, 7) is 4.12. The molecule has 1 fully saturated rings. The van der Waals surface area contributed by atoms with Crippen molar-refractivity contribution in [2.75, 3.05) is 37.6 Å². The third kappa shape index (κ3) is 3.74. The highest BCUT2D eigenvalue weighted by atomic mass is 19.1. The van der Waals surface area contributed by atoms with Gasteiger partial charge in [-0.3, -0.25) is 4.90 Å². The number of carbonyl (C=O) groups excluding carboxylic acids is 1. The van der Waals surface area contributed by atoms with Gasteiger partial charge in [0.1, 0.15) is 17.5 Å². The number of aldehydes is 1. The zero-order valence-electron chi connectivity index (χ0n) is 11.8. The summed E-state index contributed by atoms with van der Waals surface area (Å²) in [5.41, 5.74) is -0.676. The van der Waals surface area contributed by atoms with Gasteiger partial charge in [-0.15, -0.1) is 0 Å². The van der Waals surface area contributed by atoms with Crippen molar-refractivity contribution in [3.05, 3.63) is 23.8 Å². The summed E-state index contributed by atoms with van der Waals surface area (Å²) in [6, 6.07) is 3.27. The van der Waals surface area contributed by atoms with Crippen LogP contribution in [0.1, 0.15) is 12.6 Å². The highest BCUT2D eigenvalue weighted by molar-refractivity contribution is 5.61. The molecule has 1 N–H and O–H groups in total. The standard InChI is InChI=1S/C14H17FN4O2/c1-14(21,10-20)9-18-2-4-19(5-3-18)13-6-11(15)8-17-12(13)7-16/h6,8,10,21H,2-5,9H2,1H3/t14-/m0/s1. The predicted octanol–water partition coefficient (Wildman–Crippen LogP) is 0.164. The average molecular weight is 292 g/mol. The Morgan fingerprint density at radius 3 is 2.76 bits per heavy atom. The molecule has 1 atom stereocenters. The second-order valence-corrected chi connectivity index (χ2v) is 5.37. The molecule has 0 bridgehead atoms. The van der Waals surface area contributed by atoms with Crippen molar-refractivity contribution >= 4 is 12.0 Å². The van der Waals surface area contributed by atoms with Gasteiger partial charge >= 0.3 is 0 Å². The number of β-amino-alcohol motifs (C(OH)–C–C–N with tert-alkyl or cyclic N) is 1. The maximum absolute atomic E-state index is 13.3. The number of hydrogen-bond donors (Lipinski definition) is 1.